The van der Waals surface area contributed by atoms with Crippen LogP contribution < -0.4 is 0 Å². The maximum atomic E-state index is 12.3. The highest BCUT2D eigenvalue weighted by molar-refractivity contribution is 7.88. The molecular formula is C14H26N2O4S. The van der Waals surface area contributed by atoms with Gasteiger partial charge >= 0.3 is 0 Å². The minimum absolute atomic E-state index is 0.00765. The van der Waals surface area contributed by atoms with Gasteiger partial charge in [-0.2, -0.15) is 0 Å². The Hall–Kier alpha value is -0.660. The first-order valence-electron chi connectivity index (χ1n) is 7.62. The average molecular weight is 318 g/mol. The number of piperidine rings is 1. The highest BCUT2D eigenvalue weighted by Gasteiger charge is 2.31. The first-order chi connectivity index (χ1) is 9.79. The van der Waals surface area contributed by atoms with Crippen molar-refractivity contribution >= 4 is 15.9 Å². The molecule has 0 radical (unpaired) electrons. The lowest BCUT2D eigenvalue weighted by Gasteiger charge is -2.36. The Bertz CT molecular complexity index is 467. The van der Waals surface area contributed by atoms with Gasteiger partial charge in [-0.25, -0.2) is 12.7 Å². The van der Waals surface area contributed by atoms with Gasteiger partial charge < -0.3 is 9.64 Å². The molecule has 1 amide bonds. The first kappa shape index (κ1) is 16.7. The fourth-order valence-electron chi connectivity index (χ4n) is 2.61. The van der Waals surface area contributed by atoms with Crippen LogP contribution in [0.1, 0.15) is 32.6 Å². The van der Waals surface area contributed by atoms with Gasteiger partial charge in [-0.3, -0.25) is 4.79 Å². The summed E-state index contributed by atoms with van der Waals surface area (Å²) >= 11 is 0. The maximum Gasteiger partial charge on any atom is 0.251 e. The summed E-state index contributed by atoms with van der Waals surface area (Å²) in [5, 5.41) is 0. The molecule has 21 heavy (non-hydrogen) atoms. The molecule has 1 atom stereocenters. The van der Waals surface area contributed by atoms with Gasteiger partial charge in [0.1, 0.15) is 6.10 Å². The third-order valence-electron chi connectivity index (χ3n) is 4.44. The van der Waals surface area contributed by atoms with Gasteiger partial charge in [0.15, 0.2) is 0 Å². The van der Waals surface area contributed by atoms with Crippen molar-refractivity contribution in [2.75, 3.05) is 33.0 Å². The van der Waals surface area contributed by atoms with E-state index in [1.54, 1.807) is 18.9 Å². The van der Waals surface area contributed by atoms with Crippen molar-refractivity contribution in [3.05, 3.63) is 0 Å². The molecule has 0 bridgehead atoms. The van der Waals surface area contributed by atoms with E-state index in [0.29, 0.717) is 38.5 Å². The summed E-state index contributed by atoms with van der Waals surface area (Å²) in [4.78, 5) is 14.1. The van der Waals surface area contributed by atoms with Crippen LogP contribution in [0.2, 0.25) is 0 Å². The fourth-order valence-corrected chi connectivity index (χ4v) is 3.37. The lowest BCUT2D eigenvalue weighted by Crippen LogP contribution is -2.49. The summed E-state index contributed by atoms with van der Waals surface area (Å²) in [7, 11) is -1.55. The first-order valence-corrected chi connectivity index (χ1v) is 9.47. The van der Waals surface area contributed by atoms with Crippen LogP contribution in [0.15, 0.2) is 0 Å². The summed E-state index contributed by atoms with van der Waals surface area (Å²) in [6.45, 7) is 3.68. The summed E-state index contributed by atoms with van der Waals surface area (Å²) < 4.78 is 30.1. The number of amides is 1. The molecule has 2 aliphatic rings. The molecule has 0 unspecified atom stereocenters. The Kier molecular flexibility index (Phi) is 5.27. The van der Waals surface area contributed by atoms with Crippen molar-refractivity contribution in [2.45, 2.75) is 44.8 Å². The summed E-state index contributed by atoms with van der Waals surface area (Å²) in [6, 6.07) is -0.00765. The lowest BCUT2D eigenvalue weighted by atomic mass is 10.0. The van der Waals surface area contributed by atoms with E-state index in [-0.39, 0.29) is 11.9 Å². The maximum absolute atomic E-state index is 12.3. The molecule has 1 aliphatic heterocycles. The van der Waals surface area contributed by atoms with Gasteiger partial charge in [-0.1, -0.05) is 0 Å². The Morgan fingerprint density at radius 2 is 1.86 bits per heavy atom. The quantitative estimate of drug-likeness (QED) is 0.722. The molecule has 0 aromatic rings. The van der Waals surface area contributed by atoms with Crippen LogP contribution in [0.4, 0.5) is 0 Å². The minimum Gasteiger partial charge on any atom is -0.368 e. The number of sulfonamides is 1. The topological polar surface area (TPSA) is 66.9 Å². The number of hydrogen-bond acceptors (Lipinski definition) is 4. The molecule has 0 N–H and O–H groups in total. The van der Waals surface area contributed by atoms with E-state index in [2.05, 4.69) is 0 Å². The second-order valence-electron chi connectivity index (χ2n) is 6.25. The van der Waals surface area contributed by atoms with E-state index < -0.39 is 16.1 Å². The Balaban J connectivity index is 1.78. The van der Waals surface area contributed by atoms with E-state index in [1.165, 1.54) is 23.4 Å². The second kappa shape index (κ2) is 6.62. The lowest BCUT2D eigenvalue weighted by molar-refractivity contribution is -0.144. The Morgan fingerprint density at radius 1 is 1.29 bits per heavy atom. The van der Waals surface area contributed by atoms with Crippen LogP contribution in [0.25, 0.3) is 0 Å². The molecule has 1 aliphatic carbocycles. The van der Waals surface area contributed by atoms with Gasteiger partial charge in [-0.05, 0) is 38.5 Å². The molecule has 2 rings (SSSR count). The molecule has 1 saturated carbocycles. The number of likely N-dealkylation sites (tertiary alicyclic amines) is 1. The third-order valence-corrected chi connectivity index (χ3v) is 5.78. The van der Waals surface area contributed by atoms with Gasteiger partial charge in [0.2, 0.25) is 10.0 Å². The third kappa shape index (κ3) is 4.66. The normalized spacial score (nSPS) is 22.6. The second-order valence-corrected chi connectivity index (χ2v) is 8.30. The van der Waals surface area contributed by atoms with Crippen molar-refractivity contribution in [2.24, 2.45) is 5.92 Å². The van der Waals surface area contributed by atoms with Crippen LogP contribution >= 0.6 is 0 Å². The van der Waals surface area contributed by atoms with E-state index in [9.17, 15) is 13.2 Å². The predicted octanol–water partition coefficient (Wildman–Crippen LogP) is 0.684. The van der Waals surface area contributed by atoms with E-state index in [0.717, 1.165) is 0 Å². The predicted molar refractivity (Wildman–Crippen MR) is 80.3 cm³/mol. The van der Waals surface area contributed by atoms with Crippen LogP contribution in [0.3, 0.4) is 0 Å². The fraction of sp³-hybridized carbons (Fsp3) is 0.929. The zero-order valence-corrected chi connectivity index (χ0v) is 13.9. The number of nitrogens with zero attached hydrogens (tertiary/aromatic N) is 2. The molecule has 6 nitrogen and oxygen atoms in total. The molecule has 2 fully saturated rings. The smallest absolute Gasteiger partial charge is 0.251 e. The van der Waals surface area contributed by atoms with Crippen LogP contribution in [0.5, 0.6) is 0 Å². The average Bonchev–Trinajstić information content (AvgIpc) is 3.26. The van der Waals surface area contributed by atoms with Gasteiger partial charge in [0.25, 0.3) is 5.91 Å². The van der Waals surface area contributed by atoms with Crippen LogP contribution in [-0.4, -0.2) is 68.7 Å². The van der Waals surface area contributed by atoms with Crippen molar-refractivity contribution in [1.29, 1.82) is 0 Å². The molecule has 122 valence electrons. The molecule has 0 spiro atoms. The van der Waals surface area contributed by atoms with Crippen molar-refractivity contribution in [1.82, 2.24) is 9.21 Å². The number of hydrogen-bond donors (Lipinski definition) is 0. The Morgan fingerprint density at radius 3 is 2.33 bits per heavy atom. The minimum atomic E-state index is -3.16. The molecule has 1 saturated heterocycles. The SMILES string of the molecule is C[C@H](OCC1CC1)C(=O)N1CCC(N(C)S(C)(=O)=O)CC1. The van der Waals surface area contributed by atoms with E-state index >= 15 is 0 Å². The number of ether oxygens (including phenoxy) is 1. The zero-order chi connectivity index (χ0) is 15.6. The highest BCUT2D eigenvalue weighted by Crippen LogP contribution is 2.29. The van der Waals surface area contributed by atoms with Crippen molar-refractivity contribution in [3.63, 3.8) is 0 Å². The highest BCUT2D eigenvalue weighted by atomic mass is 32.2. The van der Waals surface area contributed by atoms with Crippen LogP contribution in [-0.2, 0) is 19.6 Å². The molecule has 7 heteroatoms. The van der Waals surface area contributed by atoms with Crippen LogP contribution in [0, 0.1) is 5.92 Å². The van der Waals surface area contributed by atoms with E-state index in [1.807, 2.05) is 0 Å². The number of rotatable bonds is 6. The molecule has 0 aromatic heterocycles. The van der Waals surface area contributed by atoms with E-state index in [4.69, 9.17) is 4.74 Å². The summed E-state index contributed by atoms with van der Waals surface area (Å²) in [5.74, 6) is 0.672. The monoisotopic (exact) mass is 318 g/mol. The standard InChI is InChI=1S/C14H26N2O4S/c1-11(20-10-12-4-5-12)14(17)16-8-6-13(7-9-16)15(2)21(3,18)19/h11-13H,4-10H2,1-3H3/t11-/m0/s1. The largest absolute Gasteiger partial charge is 0.368 e. The van der Waals surface area contributed by atoms with Gasteiger partial charge in [0, 0.05) is 26.2 Å². The van der Waals surface area contributed by atoms with Crippen molar-refractivity contribution < 1.29 is 17.9 Å². The summed E-state index contributed by atoms with van der Waals surface area (Å²) in [5.41, 5.74) is 0. The molecule has 1 heterocycles. The number of carbonyl (C=O) groups is 1. The van der Waals surface area contributed by atoms with Crippen molar-refractivity contribution in [3.8, 4) is 0 Å². The zero-order valence-electron chi connectivity index (χ0n) is 13.1. The van der Waals surface area contributed by atoms with Gasteiger partial charge in [-0.15, -0.1) is 0 Å². The number of carbonyl (C=O) groups excluding carboxylic acids is 1. The summed E-state index contributed by atoms with van der Waals surface area (Å²) in [6.07, 6.45) is 4.62. The molecule has 0 aromatic carbocycles. The van der Waals surface area contributed by atoms with Gasteiger partial charge in [0.05, 0.1) is 12.9 Å². The Labute approximate surface area is 127 Å². The molecular weight excluding hydrogens is 292 g/mol.